The maximum absolute atomic E-state index is 9.40. The van der Waals surface area contributed by atoms with Crippen molar-refractivity contribution in [2.45, 2.75) is 6.92 Å². The molecule has 0 bridgehead atoms. The van der Waals surface area contributed by atoms with E-state index in [1.54, 1.807) is 18.2 Å². The van der Waals surface area contributed by atoms with Gasteiger partial charge in [-0.05, 0) is 36.8 Å². The van der Waals surface area contributed by atoms with Gasteiger partial charge in [0.1, 0.15) is 6.07 Å². The summed E-state index contributed by atoms with van der Waals surface area (Å²) in [6.45, 7) is 1.97. The van der Waals surface area contributed by atoms with Crippen LogP contribution in [0.4, 0.5) is 5.69 Å². The second-order valence-electron chi connectivity index (χ2n) is 5.16. The zero-order chi connectivity index (χ0) is 17.8. The molecule has 0 saturated carbocycles. The van der Waals surface area contributed by atoms with Crippen LogP contribution in [0.25, 0.3) is 11.3 Å². The fourth-order valence-electron chi connectivity index (χ4n) is 2.14. The Hall–Kier alpha value is -2.39. The summed E-state index contributed by atoms with van der Waals surface area (Å²) in [6, 6.07) is 15.0. The molecule has 3 rings (SSSR count). The SMILES string of the molecule is Cc1ccccc1N/N=C(/C#N)c1nc(-c2ccc(Cl)cc2Cl)cs1. The number of hydrogen-bond acceptors (Lipinski definition) is 5. The standard InChI is InChI=1S/C18H12Cl2N4S/c1-11-4-2-3-5-15(11)23-24-16(9-21)18-22-17(10-25-18)13-7-6-12(19)8-14(13)20/h2-8,10,23H,1H3/b24-16-. The van der Waals surface area contributed by atoms with Crippen molar-refractivity contribution in [1.82, 2.24) is 4.98 Å². The van der Waals surface area contributed by atoms with E-state index in [1.807, 2.05) is 36.6 Å². The number of aromatic nitrogens is 1. The maximum atomic E-state index is 9.40. The number of thiazole rings is 1. The van der Waals surface area contributed by atoms with Crippen LogP contribution in [-0.2, 0) is 0 Å². The summed E-state index contributed by atoms with van der Waals surface area (Å²) in [5, 5.41) is 17.0. The highest BCUT2D eigenvalue weighted by Gasteiger charge is 2.13. The Bertz CT molecular complexity index is 989. The van der Waals surface area contributed by atoms with Crippen LogP contribution in [0.1, 0.15) is 10.6 Å². The van der Waals surface area contributed by atoms with Crippen LogP contribution >= 0.6 is 34.5 Å². The van der Waals surface area contributed by atoms with E-state index >= 15 is 0 Å². The second-order valence-corrected chi connectivity index (χ2v) is 6.86. The molecule has 0 aliphatic heterocycles. The van der Waals surface area contributed by atoms with E-state index in [2.05, 4.69) is 21.6 Å². The van der Waals surface area contributed by atoms with Crippen LogP contribution in [0.15, 0.2) is 52.9 Å². The van der Waals surface area contributed by atoms with Gasteiger partial charge in [0.05, 0.1) is 16.4 Å². The zero-order valence-corrected chi connectivity index (χ0v) is 15.5. The lowest BCUT2D eigenvalue weighted by atomic mass is 10.2. The predicted molar refractivity (Wildman–Crippen MR) is 105 cm³/mol. The maximum Gasteiger partial charge on any atom is 0.196 e. The molecule has 3 aromatic rings. The number of hydrazone groups is 1. The molecule has 124 valence electrons. The van der Waals surface area contributed by atoms with E-state index in [0.717, 1.165) is 16.8 Å². The van der Waals surface area contributed by atoms with E-state index < -0.39 is 0 Å². The summed E-state index contributed by atoms with van der Waals surface area (Å²) < 4.78 is 0. The van der Waals surface area contributed by atoms with Crippen molar-refractivity contribution in [1.29, 1.82) is 5.26 Å². The molecule has 1 heterocycles. The highest BCUT2D eigenvalue weighted by Crippen LogP contribution is 2.31. The summed E-state index contributed by atoms with van der Waals surface area (Å²) in [5.74, 6) is 0. The van der Waals surface area contributed by atoms with Gasteiger partial charge >= 0.3 is 0 Å². The highest BCUT2D eigenvalue weighted by molar-refractivity contribution is 7.12. The summed E-state index contributed by atoms with van der Waals surface area (Å²) in [7, 11) is 0. The molecule has 1 aromatic heterocycles. The minimum Gasteiger partial charge on any atom is -0.277 e. The van der Waals surface area contributed by atoms with Gasteiger partial charge in [0.25, 0.3) is 0 Å². The Morgan fingerprint density at radius 3 is 2.76 bits per heavy atom. The molecule has 0 saturated heterocycles. The third-order valence-corrected chi connectivity index (χ3v) is 4.85. The number of para-hydroxylation sites is 1. The van der Waals surface area contributed by atoms with E-state index in [9.17, 15) is 5.26 Å². The van der Waals surface area contributed by atoms with Crippen molar-refractivity contribution >= 4 is 45.9 Å². The Morgan fingerprint density at radius 2 is 2.04 bits per heavy atom. The molecule has 0 radical (unpaired) electrons. The van der Waals surface area contributed by atoms with Gasteiger partial charge in [-0.3, -0.25) is 5.43 Å². The lowest BCUT2D eigenvalue weighted by molar-refractivity contribution is 1.28. The van der Waals surface area contributed by atoms with Gasteiger partial charge in [0, 0.05) is 16.0 Å². The molecule has 0 unspecified atom stereocenters. The molecule has 7 heteroatoms. The molecule has 0 aliphatic carbocycles. The van der Waals surface area contributed by atoms with Crippen molar-refractivity contribution in [3.05, 3.63) is 68.5 Å². The molecule has 0 spiro atoms. The molecule has 1 N–H and O–H groups in total. The first kappa shape index (κ1) is 17.4. The number of nitrogens with zero attached hydrogens (tertiary/aromatic N) is 3. The van der Waals surface area contributed by atoms with E-state index in [-0.39, 0.29) is 5.71 Å². The van der Waals surface area contributed by atoms with Crippen molar-refractivity contribution in [3.63, 3.8) is 0 Å². The molecule has 0 aliphatic rings. The minimum absolute atomic E-state index is 0.213. The Kier molecular flexibility index (Phi) is 5.34. The molecular formula is C18H12Cl2N4S. The first-order chi connectivity index (χ1) is 12.1. The summed E-state index contributed by atoms with van der Waals surface area (Å²) >= 11 is 13.5. The largest absolute Gasteiger partial charge is 0.277 e. The van der Waals surface area contributed by atoms with E-state index in [0.29, 0.717) is 20.7 Å². The highest BCUT2D eigenvalue weighted by atomic mass is 35.5. The van der Waals surface area contributed by atoms with Crippen LogP contribution in [0.5, 0.6) is 0 Å². The minimum atomic E-state index is 0.213. The summed E-state index contributed by atoms with van der Waals surface area (Å²) in [6.07, 6.45) is 0. The van der Waals surface area contributed by atoms with Crippen LogP contribution in [0, 0.1) is 18.3 Å². The number of nitriles is 1. The zero-order valence-electron chi connectivity index (χ0n) is 13.1. The van der Waals surface area contributed by atoms with Gasteiger partial charge in [0.2, 0.25) is 0 Å². The van der Waals surface area contributed by atoms with Crippen LogP contribution in [0.2, 0.25) is 10.0 Å². The average Bonchev–Trinajstić information content (AvgIpc) is 3.06. The summed E-state index contributed by atoms with van der Waals surface area (Å²) in [5.41, 5.74) is 6.45. The predicted octanol–water partition coefficient (Wildman–Crippen LogP) is 5.77. The molecule has 25 heavy (non-hydrogen) atoms. The average molecular weight is 387 g/mol. The Morgan fingerprint density at radius 1 is 1.24 bits per heavy atom. The van der Waals surface area contributed by atoms with Gasteiger partial charge in [-0.2, -0.15) is 10.4 Å². The lowest BCUT2D eigenvalue weighted by Gasteiger charge is -2.04. The Balaban J connectivity index is 1.88. The molecule has 0 fully saturated rings. The monoisotopic (exact) mass is 386 g/mol. The van der Waals surface area contributed by atoms with E-state index in [1.165, 1.54) is 11.3 Å². The normalized spacial score (nSPS) is 11.2. The van der Waals surface area contributed by atoms with Crippen molar-refractivity contribution in [3.8, 4) is 17.3 Å². The van der Waals surface area contributed by atoms with Gasteiger partial charge in [-0.25, -0.2) is 4.98 Å². The molecule has 0 amide bonds. The number of nitrogens with one attached hydrogen (secondary N) is 1. The Labute approximate surface area is 159 Å². The van der Waals surface area contributed by atoms with Gasteiger partial charge in [0.15, 0.2) is 10.7 Å². The van der Waals surface area contributed by atoms with Gasteiger partial charge in [-0.1, -0.05) is 41.4 Å². The smallest absolute Gasteiger partial charge is 0.196 e. The molecule has 4 nitrogen and oxygen atoms in total. The topological polar surface area (TPSA) is 61.1 Å². The number of hydrogen-bond donors (Lipinski definition) is 1. The molecular weight excluding hydrogens is 375 g/mol. The third kappa shape index (κ3) is 3.99. The second kappa shape index (κ2) is 7.66. The number of benzene rings is 2. The van der Waals surface area contributed by atoms with E-state index in [4.69, 9.17) is 23.2 Å². The first-order valence-corrected chi connectivity index (χ1v) is 8.93. The van der Waals surface area contributed by atoms with Gasteiger partial charge < -0.3 is 0 Å². The van der Waals surface area contributed by atoms with Crippen molar-refractivity contribution in [2.24, 2.45) is 5.10 Å². The fraction of sp³-hybridized carbons (Fsp3) is 0.0556. The molecule has 2 aromatic carbocycles. The van der Waals surface area contributed by atoms with Crippen molar-refractivity contribution < 1.29 is 0 Å². The summed E-state index contributed by atoms with van der Waals surface area (Å²) in [4.78, 5) is 4.47. The third-order valence-electron chi connectivity index (χ3n) is 3.45. The number of rotatable bonds is 4. The van der Waals surface area contributed by atoms with Gasteiger partial charge in [-0.15, -0.1) is 11.3 Å². The lowest BCUT2D eigenvalue weighted by Crippen LogP contribution is -2.02. The van der Waals surface area contributed by atoms with Crippen molar-refractivity contribution in [2.75, 3.05) is 5.43 Å². The van der Waals surface area contributed by atoms with Crippen LogP contribution in [-0.4, -0.2) is 10.7 Å². The quantitative estimate of drug-likeness (QED) is 0.457. The first-order valence-electron chi connectivity index (χ1n) is 7.29. The number of halogens is 2. The fourth-order valence-corrected chi connectivity index (χ4v) is 3.40. The van der Waals surface area contributed by atoms with Crippen LogP contribution < -0.4 is 5.43 Å². The molecule has 0 atom stereocenters. The number of aryl methyl sites for hydroxylation is 1. The van der Waals surface area contributed by atoms with Crippen LogP contribution in [0.3, 0.4) is 0 Å². The number of anilines is 1.